The molecule has 1 aliphatic rings. The Labute approximate surface area is 109 Å². The second-order valence-corrected chi connectivity index (χ2v) is 5.72. The molecule has 1 rings (SSSR count). The van der Waals surface area contributed by atoms with E-state index < -0.39 is 0 Å². The molecule has 98 valence electrons. The molecule has 17 heavy (non-hydrogen) atoms. The molecule has 1 aliphatic heterocycles. The lowest BCUT2D eigenvalue weighted by molar-refractivity contribution is -0.147. The van der Waals surface area contributed by atoms with Crippen LogP contribution in [-0.4, -0.2) is 52.9 Å². The number of nitrogens with two attached hydrogens (primary N) is 1. The van der Waals surface area contributed by atoms with E-state index in [4.69, 9.17) is 18.0 Å². The standard InChI is InChI=1S/C12H23N3OS/c1-12(2)11(16)14(3)8-9-15(12)7-5-4-6-10(13)17/h4-9H2,1-3H3,(H2,13,17). The molecule has 0 radical (unpaired) electrons. The summed E-state index contributed by atoms with van der Waals surface area (Å²) in [7, 11) is 1.87. The second-order valence-electron chi connectivity index (χ2n) is 5.20. The van der Waals surface area contributed by atoms with Crippen molar-refractivity contribution in [1.29, 1.82) is 0 Å². The predicted octanol–water partition coefficient (Wildman–Crippen LogP) is 0.995. The van der Waals surface area contributed by atoms with Crippen LogP contribution in [-0.2, 0) is 4.79 Å². The van der Waals surface area contributed by atoms with E-state index in [9.17, 15) is 4.79 Å². The second kappa shape index (κ2) is 5.78. The molecule has 0 saturated carbocycles. The number of likely N-dealkylation sites (N-methyl/N-ethyl adjacent to an activating group) is 1. The third-order valence-corrected chi connectivity index (χ3v) is 3.67. The van der Waals surface area contributed by atoms with Gasteiger partial charge >= 0.3 is 0 Å². The summed E-state index contributed by atoms with van der Waals surface area (Å²) >= 11 is 4.85. The zero-order valence-corrected chi connectivity index (χ0v) is 11.8. The molecule has 5 heteroatoms. The first-order valence-corrected chi connectivity index (χ1v) is 6.55. The van der Waals surface area contributed by atoms with Crippen molar-refractivity contribution in [3.8, 4) is 0 Å². The maximum atomic E-state index is 12.0. The number of unbranched alkanes of at least 4 members (excludes halogenated alkanes) is 1. The van der Waals surface area contributed by atoms with Gasteiger partial charge in [0.25, 0.3) is 0 Å². The Hall–Kier alpha value is -0.680. The van der Waals surface area contributed by atoms with Crippen molar-refractivity contribution in [3.63, 3.8) is 0 Å². The van der Waals surface area contributed by atoms with Gasteiger partial charge < -0.3 is 10.6 Å². The van der Waals surface area contributed by atoms with E-state index in [0.717, 1.165) is 38.9 Å². The fourth-order valence-electron chi connectivity index (χ4n) is 2.25. The molecule has 0 aromatic carbocycles. The van der Waals surface area contributed by atoms with Gasteiger partial charge in [-0.25, -0.2) is 0 Å². The molecule has 0 unspecified atom stereocenters. The number of nitrogens with zero attached hydrogens (tertiary/aromatic N) is 2. The van der Waals surface area contributed by atoms with Crippen molar-refractivity contribution in [2.75, 3.05) is 26.7 Å². The number of hydrogen-bond donors (Lipinski definition) is 1. The first-order chi connectivity index (χ1) is 7.85. The first-order valence-electron chi connectivity index (χ1n) is 6.14. The van der Waals surface area contributed by atoms with Gasteiger partial charge in [-0.15, -0.1) is 0 Å². The van der Waals surface area contributed by atoms with Crippen molar-refractivity contribution in [2.45, 2.75) is 38.6 Å². The Balaban J connectivity index is 2.43. The monoisotopic (exact) mass is 257 g/mol. The lowest BCUT2D eigenvalue weighted by Gasteiger charge is -2.44. The number of rotatable bonds is 5. The summed E-state index contributed by atoms with van der Waals surface area (Å²) in [6.45, 7) is 6.70. The number of carbonyl (C=O) groups is 1. The topological polar surface area (TPSA) is 49.6 Å². The third-order valence-electron chi connectivity index (χ3n) is 3.47. The quantitative estimate of drug-likeness (QED) is 0.589. The molecule has 4 nitrogen and oxygen atoms in total. The lowest BCUT2D eigenvalue weighted by atomic mass is 9.97. The summed E-state index contributed by atoms with van der Waals surface area (Å²) in [4.78, 5) is 16.7. The van der Waals surface area contributed by atoms with Crippen LogP contribution in [0.25, 0.3) is 0 Å². The van der Waals surface area contributed by atoms with Crippen LogP contribution in [0.5, 0.6) is 0 Å². The van der Waals surface area contributed by atoms with Gasteiger partial charge in [0.2, 0.25) is 5.91 Å². The van der Waals surface area contributed by atoms with Crippen LogP contribution >= 0.6 is 12.2 Å². The molecule has 1 heterocycles. The predicted molar refractivity (Wildman–Crippen MR) is 73.9 cm³/mol. The Bertz CT molecular complexity index is 304. The van der Waals surface area contributed by atoms with E-state index in [2.05, 4.69) is 4.90 Å². The zero-order valence-electron chi connectivity index (χ0n) is 11.0. The van der Waals surface area contributed by atoms with E-state index in [1.54, 1.807) is 0 Å². The Kier molecular flexibility index (Phi) is 4.89. The highest BCUT2D eigenvalue weighted by Crippen LogP contribution is 2.22. The van der Waals surface area contributed by atoms with Crippen molar-refractivity contribution in [2.24, 2.45) is 5.73 Å². The Morgan fingerprint density at radius 1 is 1.41 bits per heavy atom. The van der Waals surface area contributed by atoms with Crippen LogP contribution in [0.15, 0.2) is 0 Å². The molecule has 0 aliphatic carbocycles. The molecule has 1 amide bonds. The van der Waals surface area contributed by atoms with E-state index >= 15 is 0 Å². The van der Waals surface area contributed by atoms with Crippen LogP contribution in [0.4, 0.5) is 0 Å². The van der Waals surface area contributed by atoms with Gasteiger partial charge in [-0.3, -0.25) is 9.69 Å². The SMILES string of the molecule is CN1CCN(CCCCC(N)=S)C(C)(C)C1=O. The van der Waals surface area contributed by atoms with Crippen LogP contribution in [0.2, 0.25) is 0 Å². The fraction of sp³-hybridized carbons (Fsp3) is 0.833. The zero-order chi connectivity index (χ0) is 13.1. The van der Waals surface area contributed by atoms with Crippen molar-refractivity contribution >= 4 is 23.1 Å². The van der Waals surface area contributed by atoms with Crippen LogP contribution < -0.4 is 5.73 Å². The summed E-state index contributed by atoms with van der Waals surface area (Å²) in [6, 6.07) is 0. The summed E-state index contributed by atoms with van der Waals surface area (Å²) in [5.41, 5.74) is 5.08. The summed E-state index contributed by atoms with van der Waals surface area (Å²) < 4.78 is 0. The molecule has 0 spiro atoms. The van der Waals surface area contributed by atoms with Crippen molar-refractivity contribution < 1.29 is 4.79 Å². The van der Waals surface area contributed by atoms with E-state index in [0.29, 0.717) is 4.99 Å². The Morgan fingerprint density at radius 3 is 2.65 bits per heavy atom. The van der Waals surface area contributed by atoms with Crippen molar-refractivity contribution in [3.05, 3.63) is 0 Å². The minimum absolute atomic E-state index is 0.207. The normalized spacial score (nSPS) is 20.6. The van der Waals surface area contributed by atoms with Gasteiger partial charge in [-0.05, 0) is 39.7 Å². The molecule has 0 atom stereocenters. The summed E-state index contributed by atoms with van der Waals surface area (Å²) in [5, 5.41) is 0. The molecule has 0 bridgehead atoms. The van der Waals surface area contributed by atoms with Gasteiger partial charge in [-0.1, -0.05) is 12.2 Å². The molecular weight excluding hydrogens is 234 g/mol. The minimum atomic E-state index is -0.379. The molecule has 0 aromatic heterocycles. The maximum absolute atomic E-state index is 12.0. The number of hydrogen-bond acceptors (Lipinski definition) is 3. The van der Waals surface area contributed by atoms with Gasteiger partial charge in [0.1, 0.15) is 0 Å². The van der Waals surface area contributed by atoms with Gasteiger partial charge in [0.15, 0.2) is 0 Å². The van der Waals surface area contributed by atoms with Crippen LogP contribution in [0, 0.1) is 0 Å². The van der Waals surface area contributed by atoms with Gasteiger partial charge in [0.05, 0.1) is 10.5 Å². The molecule has 1 saturated heterocycles. The number of amides is 1. The minimum Gasteiger partial charge on any atom is -0.393 e. The average Bonchev–Trinajstić information content (AvgIpc) is 2.24. The number of carbonyl (C=O) groups excluding carboxylic acids is 1. The van der Waals surface area contributed by atoms with Gasteiger partial charge in [-0.2, -0.15) is 0 Å². The van der Waals surface area contributed by atoms with Gasteiger partial charge in [0, 0.05) is 20.1 Å². The third kappa shape index (κ3) is 3.64. The highest BCUT2D eigenvalue weighted by atomic mass is 32.1. The van der Waals surface area contributed by atoms with Crippen LogP contribution in [0.3, 0.4) is 0 Å². The molecule has 0 aromatic rings. The number of thiocarbonyl (C=S) groups is 1. The maximum Gasteiger partial charge on any atom is 0.242 e. The van der Waals surface area contributed by atoms with Crippen molar-refractivity contribution in [1.82, 2.24) is 9.80 Å². The summed E-state index contributed by atoms with van der Waals surface area (Å²) in [6.07, 6.45) is 2.85. The highest BCUT2D eigenvalue weighted by molar-refractivity contribution is 7.80. The first kappa shape index (κ1) is 14.4. The largest absolute Gasteiger partial charge is 0.393 e. The summed E-state index contributed by atoms with van der Waals surface area (Å²) in [5.74, 6) is 0.207. The molecule has 2 N–H and O–H groups in total. The Morgan fingerprint density at radius 2 is 2.06 bits per heavy atom. The average molecular weight is 257 g/mol. The van der Waals surface area contributed by atoms with Crippen LogP contribution in [0.1, 0.15) is 33.1 Å². The highest BCUT2D eigenvalue weighted by Gasteiger charge is 2.39. The number of piperazine rings is 1. The smallest absolute Gasteiger partial charge is 0.242 e. The van der Waals surface area contributed by atoms with E-state index in [1.807, 2.05) is 25.8 Å². The fourth-order valence-corrected chi connectivity index (χ4v) is 2.39. The lowest BCUT2D eigenvalue weighted by Crippen LogP contribution is -2.62. The van der Waals surface area contributed by atoms with E-state index in [-0.39, 0.29) is 11.4 Å². The molecular formula is C12H23N3OS. The van der Waals surface area contributed by atoms with E-state index in [1.165, 1.54) is 0 Å². The molecule has 1 fully saturated rings.